The van der Waals surface area contributed by atoms with Crippen LogP contribution in [-0.2, 0) is 31.1 Å². The standard InChI is InChI=1S/C47H41F3N2O6/c48-47(49,50)58-32-16-19-39(53)37(24-32)42-33-17-18-34-41(45(57)52(44(34)56)31-20-22-51(23-21-31)27-28-10-4-1-5-11-28)36(33)25-38-43(55)35(29-12-6-2-7-13-29)26-40(54)46(38,42)30-14-8-3-9-15-30/h1-17,19,24,26,31,34,36,38,41-42,53H,18,20-23,25,27H2. The molecule has 0 radical (unpaired) electrons. The van der Waals surface area contributed by atoms with Gasteiger partial charge in [0.15, 0.2) is 11.6 Å². The molecule has 9 rings (SSSR count). The molecule has 3 fully saturated rings. The second-order valence-corrected chi connectivity index (χ2v) is 16.1. The van der Waals surface area contributed by atoms with Crippen LogP contribution >= 0.6 is 0 Å². The number of likely N-dealkylation sites (tertiary alicyclic amines) is 2. The molecule has 4 aromatic rings. The topological polar surface area (TPSA) is 104 Å². The van der Waals surface area contributed by atoms with Gasteiger partial charge in [-0.2, -0.15) is 0 Å². The van der Waals surface area contributed by atoms with Gasteiger partial charge in [0.2, 0.25) is 11.8 Å². The summed E-state index contributed by atoms with van der Waals surface area (Å²) in [6.45, 7) is 2.16. The van der Waals surface area contributed by atoms with Gasteiger partial charge in [-0.3, -0.25) is 29.0 Å². The Morgan fingerprint density at radius 2 is 1.45 bits per heavy atom. The number of ether oxygens (including phenoxy) is 1. The number of benzene rings is 4. The number of phenolic OH excluding ortho intramolecular Hbond substituents is 1. The van der Waals surface area contributed by atoms with Crippen molar-refractivity contribution < 1.29 is 42.2 Å². The van der Waals surface area contributed by atoms with Gasteiger partial charge in [-0.15, -0.1) is 13.2 Å². The number of allylic oxidation sites excluding steroid dienone is 4. The maximum Gasteiger partial charge on any atom is 0.573 e. The number of halogens is 3. The second kappa shape index (κ2) is 14.5. The highest BCUT2D eigenvalue weighted by atomic mass is 19.4. The van der Waals surface area contributed by atoms with Crippen molar-refractivity contribution in [2.24, 2.45) is 23.7 Å². The molecular weight excluding hydrogens is 746 g/mol. The number of amides is 2. The maximum absolute atomic E-state index is 15.2. The zero-order chi connectivity index (χ0) is 40.3. The summed E-state index contributed by atoms with van der Waals surface area (Å²) in [5, 5.41) is 11.6. The highest BCUT2D eigenvalue weighted by Crippen LogP contribution is 2.64. The monoisotopic (exact) mass is 786 g/mol. The Bertz CT molecular complexity index is 2340. The van der Waals surface area contributed by atoms with Gasteiger partial charge in [0.05, 0.1) is 17.3 Å². The number of aromatic hydroxyl groups is 1. The summed E-state index contributed by atoms with van der Waals surface area (Å²) in [5.41, 5.74) is 1.13. The molecule has 6 atom stereocenters. The van der Waals surface area contributed by atoms with Gasteiger partial charge in [-0.05, 0) is 72.6 Å². The molecule has 1 N–H and O–H groups in total. The number of ketones is 2. The van der Waals surface area contributed by atoms with E-state index in [0.29, 0.717) is 42.6 Å². The molecule has 58 heavy (non-hydrogen) atoms. The number of hydrogen-bond donors (Lipinski definition) is 1. The molecule has 2 amide bonds. The second-order valence-electron chi connectivity index (χ2n) is 16.1. The first kappa shape index (κ1) is 37.7. The Morgan fingerprint density at radius 3 is 2.12 bits per heavy atom. The van der Waals surface area contributed by atoms with Crippen LogP contribution in [0.15, 0.2) is 127 Å². The van der Waals surface area contributed by atoms with E-state index >= 15 is 9.59 Å². The normalized spacial score (nSPS) is 27.7. The Labute approximate surface area is 333 Å². The van der Waals surface area contributed by atoms with Crippen LogP contribution in [0.2, 0.25) is 0 Å². The quantitative estimate of drug-likeness (QED) is 0.151. The lowest BCUT2D eigenvalue weighted by Gasteiger charge is -2.55. The predicted octanol–water partition coefficient (Wildman–Crippen LogP) is 7.78. The van der Waals surface area contributed by atoms with Crippen molar-refractivity contribution in [2.75, 3.05) is 13.1 Å². The van der Waals surface area contributed by atoms with E-state index in [2.05, 4.69) is 21.8 Å². The van der Waals surface area contributed by atoms with Crippen molar-refractivity contribution in [3.05, 3.63) is 149 Å². The summed E-state index contributed by atoms with van der Waals surface area (Å²) in [5.74, 6) is -7.02. The van der Waals surface area contributed by atoms with Crippen molar-refractivity contribution >= 4 is 29.0 Å². The first-order valence-corrected chi connectivity index (χ1v) is 19.8. The van der Waals surface area contributed by atoms with Crippen molar-refractivity contribution in [3.63, 3.8) is 0 Å². The zero-order valence-corrected chi connectivity index (χ0v) is 31.5. The number of rotatable bonds is 7. The fraction of sp³-hybridized carbons (Fsp3) is 0.319. The van der Waals surface area contributed by atoms with Crippen LogP contribution in [0.4, 0.5) is 13.2 Å². The minimum absolute atomic E-state index is 0.0367. The Morgan fingerprint density at radius 1 is 0.793 bits per heavy atom. The molecule has 2 aliphatic heterocycles. The first-order valence-electron chi connectivity index (χ1n) is 19.8. The van der Waals surface area contributed by atoms with Crippen LogP contribution < -0.4 is 4.74 Å². The number of hydrogen-bond acceptors (Lipinski definition) is 7. The van der Waals surface area contributed by atoms with Gasteiger partial charge >= 0.3 is 6.36 Å². The van der Waals surface area contributed by atoms with Crippen LogP contribution in [0.1, 0.15) is 53.9 Å². The summed E-state index contributed by atoms with van der Waals surface area (Å²) < 4.78 is 45.3. The van der Waals surface area contributed by atoms with Gasteiger partial charge in [0.25, 0.3) is 0 Å². The number of alkyl halides is 3. The summed E-state index contributed by atoms with van der Waals surface area (Å²) in [4.78, 5) is 63.3. The minimum atomic E-state index is -5.05. The molecule has 1 saturated carbocycles. The third-order valence-corrected chi connectivity index (χ3v) is 13.1. The van der Waals surface area contributed by atoms with Crippen molar-refractivity contribution in [1.29, 1.82) is 0 Å². The highest BCUT2D eigenvalue weighted by molar-refractivity contribution is 6.31. The maximum atomic E-state index is 15.2. The summed E-state index contributed by atoms with van der Waals surface area (Å²) >= 11 is 0. The molecule has 0 bridgehead atoms. The van der Waals surface area contributed by atoms with E-state index in [1.165, 1.54) is 16.5 Å². The number of carbonyl (C=O) groups excluding carboxylic acids is 4. The van der Waals surface area contributed by atoms with Crippen LogP contribution in [0.3, 0.4) is 0 Å². The Kier molecular flexibility index (Phi) is 9.46. The summed E-state index contributed by atoms with van der Waals surface area (Å²) in [6, 6.07) is 30.4. The van der Waals surface area contributed by atoms with E-state index in [0.717, 1.165) is 24.7 Å². The molecule has 3 aliphatic carbocycles. The van der Waals surface area contributed by atoms with Crippen molar-refractivity contribution in [1.82, 2.24) is 9.80 Å². The lowest BCUT2D eigenvalue weighted by molar-refractivity contribution is -0.274. The fourth-order valence-electron chi connectivity index (χ4n) is 10.7. The SMILES string of the molecule is O=C1C(c2ccccc2)=CC(=O)C2(c3ccccc3)C1CC1C(=CCC3C(=O)N(C4CCN(Cc5ccccc5)CC4)C(=O)C31)C2c1cc(OC(F)(F)F)ccc1O. The molecule has 0 spiro atoms. The first-order chi connectivity index (χ1) is 28.0. The average molecular weight is 787 g/mol. The van der Waals surface area contributed by atoms with E-state index in [1.807, 2.05) is 24.3 Å². The third kappa shape index (κ3) is 6.27. The van der Waals surface area contributed by atoms with E-state index < -0.39 is 58.6 Å². The molecule has 296 valence electrons. The van der Waals surface area contributed by atoms with Crippen LogP contribution in [0, 0.1) is 23.7 Å². The third-order valence-electron chi connectivity index (χ3n) is 13.1. The molecule has 6 unspecified atom stereocenters. The van der Waals surface area contributed by atoms with Crippen molar-refractivity contribution in [2.45, 2.75) is 56.0 Å². The number of piperidine rings is 1. The molecule has 4 aromatic carbocycles. The number of imide groups is 1. The summed E-state index contributed by atoms with van der Waals surface area (Å²) in [6.07, 6.45) is -0.492. The van der Waals surface area contributed by atoms with Gasteiger partial charge in [-0.25, -0.2) is 0 Å². The van der Waals surface area contributed by atoms with E-state index in [9.17, 15) is 27.9 Å². The Balaban J connectivity index is 1.15. The predicted molar refractivity (Wildman–Crippen MR) is 208 cm³/mol. The fourth-order valence-corrected chi connectivity index (χ4v) is 10.7. The molecule has 0 aromatic heterocycles. The van der Waals surface area contributed by atoms with Crippen LogP contribution in [0.5, 0.6) is 11.5 Å². The average Bonchev–Trinajstić information content (AvgIpc) is 3.48. The van der Waals surface area contributed by atoms with Crippen molar-refractivity contribution in [3.8, 4) is 11.5 Å². The molecule has 8 nitrogen and oxygen atoms in total. The number of nitrogens with zero attached hydrogens (tertiary/aromatic N) is 2. The van der Waals surface area contributed by atoms with Gasteiger partial charge in [0, 0.05) is 48.6 Å². The number of fused-ring (bicyclic) bond motifs is 4. The molecule has 2 saturated heterocycles. The lowest BCUT2D eigenvalue weighted by atomic mass is 9.44. The van der Waals surface area contributed by atoms with Gasteiger partial charge in [0.1, 0.15) is 11.5 Å². The number of Topliss-reactive ketones (excluding diaryl/α,β-unsaturated/α-hetero) is 1. The molecule has 11 heteroatoms. The molecular formula is C47H41F3N2O6. The minimum Gasteiger partial charge on any atom is -0.508 e. The molecule has 5 aliphatic rings. The molecule has 2 heterocycles. The van der Waals surface area contributed by atoms with E-state index in [1.54, 1.807) is 60.7 Å². The largest absolute Gasteiger partial charge is 0.573 e. The van der Waals surface area contributed by atoms with Gasteiger partial charge in [-0.1, -0.05) is 103 Å². The van der Waals surface area contributed by atoms with Crippen LogP contribution in [-0.4, -0.2) is 63.8 Å². The van der Waals surface area contributed by atoms with Crippen LogP contribution in [0.25, 0.3) is 5.57 Å². The summed E-state index contributed by atoms with van der Waals surface area (Å²) in [7, 11) is 0. The highest BCUT2D eigenvalue weighted by Gasteiger charge is 2.66. The Hall–Kier alpha value is -5.81. The van der Waals surface area contributed by atoms with E-state index in [4.69, 9.17) is 0 Å². The number of carbonyl (C=O) groups is 4. The zero-order valence-electron chi connectivity index (χ0n) is 31.5. The smallest absolute Gasteiger partial charge is 0.508 e. The number of phenols is 1. The van der Waals surface area contributed by atoms with E-state index in [-0.39, 0.29) is 47.6 Å². The van der Waals surface area contributed by atoms with Gasteiger partial charge < -0.3 is 9.84 Å². The lowest BCUT2D eigenvalue weighted by Crippen LogP contribution is -2.59.